The van der Waals surface area contributed by atoms with Crippen LogP contribution in [0.4, 0.5) is 0 Å². The first-order valence-electron chi connectivity index (χ1n) is 10.7. The summed E-state index contributed by atoms with van der Waals surface area (Å²) in [7, 11) is 1.55. The zero-order valence-electron chi connectivity index (χ0n) is 18.3. The van der Waals surface area contributed by atoms with Crippen molar-refractivity contribution in [3.63, 3.8) is 0 Å². The highest BCUT2D eigenvalue weighted by molar-refractivity contribution is 5.99. The molecule has 2 bridgehead atoms. The number of carbonyl (C=O) groups is 3. The number of hydrogen-bond acceptors (Lipinski definition) is 5. The molecule has 8 heteroatoms. The summed E-state index contributed by atoms with van der Waals surface area (Å²) in [5, 5.41) is 15.8. The standard InChI is InChI=1S/C21H35N3O5/c1-7-11(2)12(10-25)24-16(18(27)23-20(3,4)5)21-9-8-13(29-21)14(17(26)22-6)15(21)19(24)28/h11-16,25H,7-10H2,1-6H3,(H,22,26)(H,23,27)/t11-,12-,13+,14-,15-,16?,21?/m0/s1. The maximum absolute atomic E-state index is 13.7. The van der Waals surface area contributed by atoms with Crippen LogP contribution in [-0.2, 0) is 19.1 Å². The van der Waals surface area contributed by atoms with Crippen molar-refractivity contribution in [2.45, 2.75) is 83.2 Å². The Balaban J connectivity index is 2.09. The van der Waals surface area contributed by atoms with Crippen molar-refractivity contribution < 1.29 is 24.2 Å². The topological polar surface area (TPSA) is 108 Å². The number of amides is 3. The molecule has 2 unspecified atom stereocenters. The highest BCUT2D eigenvalue weighted by Gasteiger charge is 2.75. The Bertz CT molecular complexity index is 690. The molecule has 0 aromatic heterocycles. The van der Waals surface area contributed by atoms with E-state index in [1.54, 1.807) is 7.05 Å². The minimum Gasteiger partial charge on any atom is -0.394 e. The van der Waals surface area contributed by atoms with Gasteiger partial charge in [0.2, 0.25) is 17.7 Å². The molecule has 7 atom stereocenters. The third-order valence-electron chi connectivity index (χ3n) is 6.88. The molecule has 3 heterocycles. The Morgan fingerprint density at radius 2 is 2.00 bits per heavy atom. The quantitative estimate of drug-likeness (QED) is 0.590. The maximum Gasteiger partial charge on any atom is 0.246 e. The number of carbonyl (C=O) groups excluding carboxylic acids is 3. The Kier molecular flexibility index (Phi) is 5.73. The van der Waals surface area contributed by atoms with Crippen LogP contribution in [0.5, 0.6) is 0 Å². The second kappa shape index (κ2) is 7.54. The molecule has 3 saturated heterocycles. The van der Waals surface area contributed by atoms with E-state index in [1.807, 2.05) is 34.6 Å². The number of fused-ring (bicyclic) bond motifs is 1. The first-order chi connectivity index (χ1) is 13.5. The molecule has 29 heavy (non-hydrogen) atoms. The van der Waals surface area contributed by atoms with E-state index in [0.717, 1.165) is 6.42 Å². The van der Waals surface area contributed by atoms with Crippen molar-refractivity contribution in [1.29, 1.82) is 0 Å². The van der Waals surface area contributed by atoms with Crippen LogP contribution in [0, 0.1) is 17.8 Å². The summed E-state index contributed by atoms with van der Waals surface area (Å²) in [4.78, 5) is 41.3. The van der Waals surface area contributed by atoms with Crippen LogP contribution >= 0.6 is 0 Å². The van der Waals surface area contributed by atoms with Crippen molar-refractivity contribution in [3.05, 3.63) is 0 Å². The van der Waals surface area contributed by atoms with Gasteiger partial charge in [0.1, 0.15) is 11.6 Å². The molecule has 3 fully saturated rings. The zero-order chi connectivity index (χ0) is 21.7. The average molecular weight is 410 g/mol. The lowest BCUT2D eigenvalue weighted by Gasteiger charge is -2.40. The molecule has 3 rings (SSSR count). The largest absolute Gasteiger partial charge is 0.394 e. The fourth-order valence-electron chi connectivity index (χ4n) is 5.47. The van der Waals surface area contributed by atoms with Gasteiger partial charge in [0, 0.05) is 12.6 Å². The molecule has 3 N–H and O–H groups in total. The second-order valence-electron chi connectivity index (χ2n) is 9.79. The lowest BCUT2D eigenvalue weighted by molar-refractivity contribution is -0.147. The molecule has 0 aliphatic carbocycles. The van der Waals surface area contributed by atoms with E-state index in [9.17, 15) is 19.5 Å². The molecule has 3 aliphatic heterocycles. The SMILES string of the molecule is CC[C@H](C)[C@H](CO)N1C(=O)[C@@H]2[C@@H](C(=O)NC)[C@H]3CCC2(O3)C1C(=O)NC(C)(C)C. The fourth-order valence-corrected chi connectivity index (χ4v) is 5.47. The minimum absolute atomic E-state index is 0.000218. The smallest absolute Gasteiger partial charge is 0.246 e. The summed E-state index contributed by atoms with van der Waals surface area (Å²) in [5.74, 6) is -2.07. The lowest BCUT2D eigenvalue weighted by atomic mass is 9.70. The van der Waals surface area contributed by atoms with Crippen LogP contribution in [0.3, 0.4) is 0 Å². The number of nitrogens with zero attached hydrogens (tertiary/aromatic N) is 1. The van der Waals surface area contributed by atoms with Crippen LogP contribution in [-0.4, -0.2) is 70.7 Å². The van der Waals surface area contributed by atoms with Gasteiger partial charge >= 0.3 is 0 Å². The van der Waals surface area contributed by atoms with Crippen LogP contribution in [0.1, 0.15) is 53.9 Å². The van der Waals surface area contributed by atoms with Gasteiger partial charge in [0.15, 0.2) is 0 Å². The number of likely N-dealkylation sites (tertiary alicyclic amines) is 1. The summed E-state index contributed by atoms with van der Waals surface area (Å²) in [6.07, 6.45) is 1.59. The molecular formula is C21H35N3O5. The molecule has 0 saturated carbocycles. The summed E-state index contributed by atoms with van der Waals surface area (Å²) in [6, 6.07) is -1.36. The van der Waals surface area contributed by atoms with Crippen LogP contribution in [0.25, 0.3) is 0 Å². The van der Waals surface area contributed by atoms with Gasteiger partial charge < -0.3 is 25.4 Å². The fraction of sp³-hybridized carbons (Fsp3) is 0.857. The minimum atomic E-state index is -1.02. The first-order valence-corrected chi connectivity index (χ1v) is 10.7. The third-order valence-corrected chi connectivity index (χ3v) is 6.88. The Hall–Kier alpha value is -1.67. The summed E-state index contributed by atoms with van der Waals surface area (Å²) in [5.41, 5.74) is -1.50. The van der Waals surface area contributed by atoms with Crippen molar-refractivity contribution in [3.8, 4) is 0 Å². The summed E-state index contributed by atoms with van der Waals surface area (Å²) >= 11 is 0. The number of aliphatic hydroxyl groups is 1. The summed E-state index contributed by atoms with van der Waals surface area (Å²) in [6.45, 7) is 9.38. The van der Waals surface area contributed by atoms with Gasteiger partial charge in [-0.25, -0.2) is 0 Å². The van der Waals surface area contributed by atoms with E-state index in [-0.39, 0.29) is 36.4 Å². The number of rotatable bonds is 6. The van der Waals surface area contributed by atoms with Crippen molar-refractivity contribution in [2.75, 3.05) is 13.7 Å². The van der Waals surface area contributed by atoms with E-state index >= 15 is 0 Å². The number of aliphatic hydroxyl groups excluding tert-OH is 1. The third kappa shape index (κ3) is 3.34. The monoisotopic (exact) mass is 409 g/mol. The molecule has 3 aliphatic rings. The Labute approximate surface area is 172 Å². The van der Waals surface area contributed by atoms with Crippen LogP contribution in [0.2, 0.25) is 0 Å². The van der Waals surface area contributed by atoms with Gasteiger partial charge in [-0.15, -0.1) is 0 Å². The molecule has 8 nitrogen and oxygen atoms in total. The van der Waals surface area contributed by atoms with E-state index in [4.69, 9.17) is 4.74 Å². The van der Waals surface area contributed by atoms with Gasteiger partial charge in [-0.05, 0) is 39.5 Å². The van der Waals surface area contributed by atoms with Gasteiger partial charge in [-0.2, -0.15) is 0 Å². The molecule has 0 radical (unpaired) electrons. The van der Waals surface area contributed by atoms with E-state index in [2.05, 4.69) is 10.6 Å². The number of ether oxygens (including phenoxy) is 1. The van der Waals surface area contributed by atoms with E-state index in [0.29, 0.717) is 12.8 Å². The Morgan fingerprint density at radius 3 is 2.52 bits per heavy atom. The highest BCUT2D eigenvalue weighted by Crippen LogP contribution is 2.59. The average Bonchev–Trinajstić information content (AvgIpc) is 3.28. The molecule has 164 valence electrons. The number of nitrogens with one attached hydrogen (secondary N) is 2. The molecular weight excluding hydrogens is 374 g/mol. The zero-order valence-corrected chi connectivity index (χ0v) is 18.3. The van der Waals surface area contributed by atoms with Crippen LogP contribution < -0.4 is 10.6 Å². The predicted molar refractivity (Wildman–Crippen MR) is 107 cm³/mol. The van der Waals surface area contributed by atoms with Crippen molar-refractivity contribution in [2.24, 2.45) is 17.8 Å². The molecule has 0 aromatic rings. The van der Waals surface area contributed by atoms with Gasteiger partial charge in [-0.3, -0.25) is 14.4 Å². The molecule has 0 aromatic carbocycles. The lowest BCUT2D eigenvalue weighted by Crippen LogP contribution is -2.61. The van der Waals surface area contributed by atoms with Crippen molar-refractivity contribution in [1.82, 2.24) is 15.5 Å². The second-order valence-corrected chi connectivity index (χ2v) is 9.79. The number of hydrogen-bond donors (Lipinski definition) is 3. The van der Waals surface area contributed by atoms with Gasteiger partial charge in [0.25, 0.3) is 0 Å². The first kappa shape index (κ1) is 22.0. The highest BCUT2D eigenvalue weighted by atomic mass is 16.5. The Morgan fingerprint density at radius 1 is 1.34 bits per heavy atom. The van der Waals surface area contributed by atoms with Gasteiger partial charge in [0.05, 0.1) is 30.6 Å². The van der Waals surface area contributed by atoms with Crippen LogP contribution in [0.15, 0.2) is 0 Å². The van der Waals surface area contributed by atoms with E-state index < -0.39 is 35.1 Å². The molecule has 1 spiro atoms. The van der Waals surface area contributed by atoms with Crippen molar-refractivity contribution >= 4 is 17.7 Å². The molecule has 3 amide bonds. The summed E-state index contributed by atoms with van der Waals surface area (Å²) < 4.78 is 6.31. The van der Waals surface area contributed by atoms with Gasteiger partial charge in [-0.1, -0.05) is 20.3 Å². The normalized spacial score (nSPS) is 35.4. The maximum atomic E-state index is 13.7. The predicted octanol–water partition coefficient (Wildman–Crippen LogP) is 0.429. The van der Waals surface area contributed by atoms with E-state index in [1.165, 1.54) is 4.90 Å².